The van der Waals surface area contributed by atoms with E-state index in [1.807, 2.05) is 0 Å². The monoisotopic (exact) mass is 381 g/mol. The standard InChI is InChI=1S/C20H31NO4S/c1-19(2,3)16-8-6-14(7-9-16)17-12-25-11-10-15(17)13-26(23,24)20(4,5)18(21)22/h6-9,15,17H,10-13H2,1-5H3,(H2,21,22). The summed E-state index contributed by atoms with van der Waals surface area (Å²) in [5, 5.41) is 0. The third kappa shape index (κ3) is 4.29. The molecule has 26 heavy (non-hydrogen) atoms. The first-order valence-corrected chi connectivity index (χ1v) is 10.7. The summed E-state index contributed by atoms with van der Waals surface area (Å²) in [7, 11) is -3.66. The second kappa shape index (κ2) is 7.31. The highest BCUT2D eigenvalue weighted by Gasteiger charge is 2.43. The zero-order valence-corrected chi connectivity index (χ0v) is 17.2. The van der Waals surface area contributed by atoms with Crippen LogP contribution in [0.3, 0.4) is 0 Å². The van der Waals surface area contributed by atoms with Gasteiger partial charge in [0.15, 0.2) is 9.84 Å². The van der Waals surface area contributed by atoms with Crippen molar-refractivity contribution < 1.29 is 17.9 Å². The van der Waals surface area contributed by atoms with Crippen molar-refractivity contribution in [2.24, 2.45) is 11.7 Å². The number of hydrogen-bond donors (Lipinski definition) is 1. The molecule has 5 nitrogen and oxygen atoms in total. The first-order valence-electron chi connectivity index (χ1n) is 9.06. The third-order valence-electron chi connectivity index (χ3n) is 5.51. The average Bonchev–Trinajstić information content (AvgIpc) is 2.54. The van der Waals surface area contributed by atoms with Gasteiger partial charge in [-0.1, -0.05) is 45.0 Å². The van der Waals surface area contributed by atoms with Crippen LogP contribution < -0.4 is 5.73 Å². The third-order valence-corrected chi connectivity index (χ3v) is 8.13. The zero-order chi connectivity index (χ0) is 19.8. The summed E-state index contributed by atoms with van der Waals surface area (Å²) >= 11 is 0. The highest BCUT2D eigenvalue weighted by molar-refractivity contribution is 7.93. The maximum Gasteiger partial charge on any atom is 0.238 e. The summed E-state index contributed by atoms with van der Waals surface area (Å²) in [6.07, 6.45) is 0.653. The first kappa shape index (κ1) is 20.9. The van der Waals surface area contributed by atoms with E-state index in [0.717, 1.165) is 5.56 Å². The summed E-state index contributed by atoms with van der Waals surface area (Å²) < 4.78 is 29.6. The highest BCUT2D eigenvalue weighted by Crippen LogP contribution is 2.35. The molecule has 1 aliphatic heterocycles. The molecule has 2 N–H and O–H groups in total. The van der Waals surface area contributed by atoms with Gasteiger partial charge in [-0.15, -0.1) is 0 Å². The van der Waals surface area contributed by atoms with E-state index in [4.69, 9.17) is 10.5 Å². The molecule has 0 bridgehead atoms. The lowest BCUT2D eigenvalue weighted by molar-refractivity contribution is -0.119. The molecule has 0 aliphatic carbocycles. The van der Waals surface area contributed by atoms with Gasteiger partial charge in [0.1, 0.15) is 4.75 Å². The van der Waals surface area contributed by atoms with Gasteiger partial charge in [-0.05, 0) is 42.7 Å². The van der Waals surface area contributed by atoms with Crippen molar-refractivity contribution in [1.82, 2.24) is 0 Å². The molecule has 1 aromatic rings. The molecule has 0 radical (unpaired) electrons. The van der Waals surface area contributed by atoms with Crippen molar-refractivity contribution in [3.63, 3.8) is 0 Å². The van der Waals surface area contributed by atoms with Crippen LogP contribution >= 0.6 is 0 Å². The van der Waals surface area contributed by atoms with Crippen molar-refractivity contribution in [3.05, 3.63) is 35.4 Å². The largest absolute Gasteiger partial charge is 0.381 e. The van der Waals surface area contributed by atoms with Gasteiger partial charge in [0.05, 0.1) is 12.4 Å². The van der Waals surface area contributed by atoms with Gasteiger partial charge < -0.3 is 10.5 Å². The molecular weight excluding hydrogens is 350 g/mol. The summed E-state index contributed by atoms with van der Waals surface area (Å²) in [6, 6.07) is 8.34. The molecule has 1 saturated heterocycles. The van der Waals surface area contributed by atoms with E-state index in [1.54, 1.807) is 0 Å². The minimum atomic E-state index is -3.66. The Morgan fingerprint density at radius 2 is 1.73 bits per heavy atom. The molecule has 146 valence electrons. The quantitative estimate of drug-likeness (QED) is 0.850. The molecule has 0 saturated carbocycles. The number of amides is 1. The maximum atomic E-state index is 12.8. The lowest BCUT2D eigenvalue weighted by atomic mass is 9.81. The number of nitrogens with two attached hydrogens (primary N) is 1. The molecule has 0 aromatic heterocycles. The Balaban J connectivity index is 2.27. The van der Waals surface area contributed by atoms with Gasteiger partial charge in [0.2, 0.25) is 5.91 Å². The van der Waals surface area contributed by atoms with Gasteiger partial charge in [-0.25, -0.2) is 8.42 Å². The molecule has 1 aromatic carbocycles. The predicted molar refractivity (Wildman–Crippen MR) is 104 cm³/mol. The minimum absolute atomic E-state index is 0.00350. The second-order valence-electron chi connectivity index (χ2n) is 8.76. The average molecular weight is 382 g/mol. The number of hydrogen-bond acceptors (Lipinski definition) is 4. The zero-order valence-electron chi connectivity index (χ0n) is 16.4. The molecule has 2 atom stereocenters. The molecule has 0 spiro atoms. The summed E-state index contributed by atoms with van der Waals surface area (Å²) in [5.41, 5.74) is 7.70. The van der Waals surface area contributed by atoms with E-state index in [9.17, 15) is 13.2 Å². The molecule has 2 rings (SSSR count). The lowest BCUT2D eigenvalue weighted by Gasteiger charge is -2.34. The van der Waals surface area contributed by atoms with E-state index in [0.29, 0.717) is 19.6 Å². The van der Waals surface area contributed by atoms with Crippen molar-refractivity contribution in [1.29, 1.82) is 0 Å². The fourth-order valence-corrected chi connectivity index (χ4v) is 4.91. The van der Waals surface area contributed by atoms with Gasteiger partial charge >= 0.3 is 0 Å². The van der Waals surface area contributed by atoms with Crippen molar-refractivity contribution in [2.45, 2.75) is 57.1 Å². The molecular formula is C20H31NO4S. The maximum absolute atomic E-state index is 12.8. The normalized spacial score (nSPS) is 22.2. The Kier molecular flexibility index (Phi) is 5.88. The van der Waals surface area contributed by atoms with E-state index >= 15 is 0 Å². The van der Waals surface area contributed by atoms with Crippen LogP contribution in [0.1, 0.15) is 58.1 Å². The summed E-state index contributed by atoms with van der Waals surface area (Å²) in [4.78, 5) is 11.6. The number of carbonyl (C=O) groups excluding carboxylic acids is 1. The van der Waals surface area contributed by atoms with Crippen LogP contribution in [0.2, 0.25) is 0 Å². The van der Waals surface area contributed by atoms with Crippen molar-refractivity contribution in [2.75, 3.05) is 19.0 Å². The molecule has 6 heteroatoms. The number of benzene rings is 1. The molecule has 1 heterocycles. The fraction of sp³-hybridized carbons (Fsp3) is 0.650. The van der Waals surface area contributed by atoms with Crippen molar-refractivity contribution >= 4 is 15.7 Å². The van der Waals surface area contributed by atoms with Crippen LogP contribution in [0.4, 0.5) is 0 Å². The van der Waals surface area contributed by atoms with Crippen LogP contribution in [0, 0.1) is 5.92 Å². The van der Waals surface area contributed by atoms with Gasteiger partial charge in [0.25, 0.3) is 0 Å². The highest BCUT2D eigenvalue weighted by atomic mass is 32.2. The fourth-order valence-electron chi connectivity index (χ4n) is 3.22. The summed E-state index contributed by atoms with van der Waals surface area (Å²) in [5.74, 6) is -0.961. The smallest absolute Gasteiger partial charge is 0.238 e. The van der Waals surface area contributed by atoms with Crippen LogP contribution in [-0.2, 0) is 24.8 Å². The second-order valence-corrected chi connectivity index (χ2v) is 11.3. The van der Waals surface area contributed by atoms with Gasteiger partial charge in [-0.2, -0.15) is 0 Å². The molecule has 2 unspecified atom stereocenters. The Bertz CT molecular complexity index is 745. The Morgan fingerprint density at radius 1 is 1.15 bits per heavy atom. The Labute approximate surface area is 157 Å². The van der Waals surface area contributed by atoms with Crippen LogP contribution in [0.25, 0.3) is 0 Å². The number of primary amides is 1. The van der Waals surface area contributed by atoms with E-state index < -0.39 is 20.5 Å². The molecule has 1 amide bonds. The van der Waals surface area contributed by atoms with Gasteiger partial charge in [0, 0.05) is 12.5 Å². The lowest BCUT2D eigenvalue weighted by Crippen LogP contribution is -2.48. The topological polar surface area (TPSA) is 86.5 Å². The predicted octanol–water partition coefficient (Wildman–Crippen LogP) is 2.78. The SMILES string of the molecule is CC(C)(C)c1ccc(C2COCCC2CS(=O)(=O)C(C)(C)C(N)=O)cc1. The summed E-state index contributed by atoms with van der Waals surface area (Å²) in [6.45, 7) is 10.3. The first-order chi connectivity index (χ1) is 11.9. The van der Waals surface area contributed by atoms with Crippen molar-refractivity contribution in [3.8, 4) is 0 Å². The number of ether oxygens (including phenoxy) is 1. The Hall–Kier alpha value is -1.40. The van der Waals surface area contributed by atoms with E-state index in [2.05, 4.69) is 45.0 Å². The number of sulfone groups is 1. The van der Waals surface area contributed by atoms with Gasteiger partial charge in [-0.3, -0.25) is 4.79 Å². The number of rotatable bonds is 5. The Morgan fingerprint density at radius 3 is 2.23 bits per heavy atom. The van der Waals surface area contributed by atoms with Crippen LogP contribution in [0.15, 0.2) is 24.3 Å². The number of carbonyl (C=O) groups is 1. The van der Waals surface area contributed by atoms with E-state index in [-0.39, 0.29) is 23.0 Å². The van der Waals surface area contributed by atoms with Crippen LogP contribution in [-0.4, -0.2) is 38.0 Å². The van der Waals surface area contributed by atoms with E-state index in [1.165, 1.54) is 19.4 Å². The van der Waals surface area contributed by atoms with Crippen LogP contribution in [0.5, 0.6) is 0 Å². The molecule has 1 aliphatic rings. The minimum Gasteiger partial charge on any atom is -0.381 e. The molecule has 1 fully saturated rings.